The number of hydrogen-bond acceptors (Lipinski definition) is 4. The van der Waals surface area contributed by atoms with E-state index in [2.05, 4.69) is 17.6 Å². The lowest BCUT2D eigenvalue weighted by Gasteiger charge is -2.17. The number of carbonyl (C=O) groups excluding carboxylic acids is 1. The van der Waals surface area contributed by atoms with Crippen LogP contribution in [0, 0.1) is 5.92 Å². The Hall–Kier alpha value is -1.59. The van der Waals surface area contributed by atoms with Gasteiger partial charge in [-0.05, 0) is 37.9 Å². The highest BCUT2D eigenvalue weighted by molar-refractivity contribution is 5.92. The number of methoxy groups -OCH3 is 1. The van der Waals surface area contributed by atoms with Gasteiger partial charge in [-0.25, -0.2) is 0 Å². The van der Waals surface area contributed by atoms with E-state index < -0.39 is 0 Å². The summed E-state index contributed by atoms with van der Waals surface area (Å²) in [6.45, 7) is 5.05. The van der Waals surface area contributed by atoms with Gasteiger partial charge < -0.3 is 20.5 Å². The summed E-state index contributed by atoms with van der Waals surface area (Å²) in [5.74, 6) is 1.01. The molecular weight excluding hydrogens is 268 g/mol. The molecule has 5 nitrogen and oxygen atoms in total. The van der Waals surface area contributed by atoms with Crippen LogP contribution in [0.3, 0.4) is 0 Å². The summed E-state index contributed by atoms with van der Waals surface area (Å²) in [6.07, 6.45) is 1.16. The van der Waals surface area contributed by atoms with Crippen LogP contribution in [0.1, 0.15) is 26.7 Å². The zero-order valence-electron chi connectivity index (χ0n) is 13.1. The van der Waals surface area contributed by atoms with Crippen LogP contribution in [-0.2, 0) is 4.79 Å². The van der Waals surface area contributed by atoms with E-state index in [1.54, 1.807) is 7.11 Å². The lowest BCUT2D eigenvalue weighted by atomic mass is 10.1. The molecule has 0 aliphatic carbocycles. The maximum Gasteiger partial charge on any atom is 0.226 e. The lowest BCUT2D eigenvalue weighted by molar-refractivity contribution is -0.116. The maximum atomic E-state index is 12.0. The minimum Gasteiger partial charge on any atom is -0.495 e. The monoisotopic (exact) mass is 294 g/mol. The summed E-state index contributed by atoms with van der Waals surface area (Å²) >= 11 is 0. The molecule has 1 aromatic carbocycles. The SMILES string of the molecule is COc1ccccc1NC(=O)CC(C)NCC(C)CCO. The summed E-state index contributed by atoms with van der Waals surface area (Å²) in [5, 5.41) is 15.0. The third kappa shape index (κ3) is 6.60. The quantitative estimate of drug-likeness (QED) is 0.651. The van der Waals surface area contributed by atoms with Gasteiger partial charge in [-0.1, -0.05) is 19.1 Å². The number of amides is 1. The third-order valence-corrected chi connectivity index (χ3v) is 3.31. The maximum absolute atomic E-state index is 12.0. The van der Waals surface area contributed by atoms with Gasteiger partial charge in [-0.2, -0.15) is 0 Å². The van der Waals surface area contributed by atoms with Crippen molar-refractivity contribution in [1.29, 1.82) is 0 Å². The highest BCUT2D eigenvalue weighted by Gasteiger charge is 2.12. The summed E-state index contributed by atoms with van der Waals surface area (Å²) in [5.41, 5.74) is 0.686. The van der Waals surface area contributed by atoms with E-state index in [1.165, 1.54) is 0 Å². The molecule has 5 heteroatoms. The Labute approximate surface area is 126 Å². The minimum atomic E-state index is -0.0469. The first-order valence-electron chi connectivity index (χ1n) is 7.34. The van der Waals surface area contributed by atoms with Crippen LogP contribution in [0.4, 0.5) is 5.69 Å². The second-order valence-corrected chi connectivity index (χ2v) is 5.38. The average Bonchev–Trinajstić information content (AvgIpc) is 2.46. The number of carbonyl (C=O) groups is 1. The minimum absolute atomic E-state index is 0.0469. The molecule has 0 saturated heterocycles. The van der Waals surface area contributed by atoms with Crippen molar-refractivity contribution >= 4 is 11.6 Å². The Balaban J connectivity index is 2.39. The van der Waals surface area contributed by atoms with Gasteiger partial charge in [0.05, 0.1) is 12.8 Å². The van der Waals surface area contributed by atoms with Crippen molar-refractivity contribution in [3.8, 4) is 5.75 Å². The number of nitrogens with one attached hydrogen (secondary N) is 2. The van der Waals surface area contributed by atoms with Crippen LogP contribution in [-0.4, -0.2) is 37.3 Å². The van der Waals surface area contributed by atoms with Crippen molar-refractivity contribution < 1.29 is 14.6 Å². The molecule has 2 atom stereocenters. The van der Waals surface area contributed by atoms with Crippen molar-refractivity contribution in [3.05, 3.63) is 24.3 Å². The molecule has 3 N–H and O–H groups in total. The van der Waals surface area contributed by atoms with E-state index in [4.69, 9.17) is 9.84 Å². The molecule has 0 spiro atoms. The topological polar surface area (TPSA) is 70.6 Å². The van der Waals surface area contributed by atoms with E-state index in [9.17, 15) is 4.79 Å². The van der Waals surface area contributed by atoms with E-state index in [0.717, 1.165) is 13.0 Å². The molecule has 1 rings (SSSR count). The number of aliphatic hydroxyl groups is 1. The van der Waals surface area contributed by atoms with Crippen LogP contribution in [0.15, 0.2) is 24.3 Å². The van der Waals surface area contributed by atoms with Crippen molar-refractivity contribution in [3.63, 3.8) is 0 Å². The number of hydrogen-bond donors (Lipinski definition) is 3. The van der Waals surface area contributed by atoms with Gasteiger partial charge in [-0.15, -0.1) is 0 Å². The van der Waals surface area contributed by atoms with E-state index >= 15 is 0 Å². The van der Waals surface area contributed by atoms with Crippen molar-refractivity contribution in [2.45, 2.75) is 32.7 Å². The predicted molar refractivity (Wildman–Crippen MR) is 84.6 cm³/mol. The van der Waals surface area contributed by atoms with Crippen LogP contribution in [0.2, 0.25) is 0 Å². The van der Waals surface area contributed by atoms with Crippen LogP contribution < -0.4 is 15.4 Å². The molecule has 0 radical (unpaired) electrons. The molecular formula is C16H26N2O3. The van der Waals surface area contributed by atoms with Crippen molar-refractivity contribution in [1.82, 2.24) is 5.32 Å². The highest BCUT2D eigenvalue weighted by atomic mass is 16.5. The molecule has 0 saturated carbocycles. The molecule has 0 aliphatic heterocycles. The Morgan fingerprint density at radius 1 is 1.33 bits per heavy atom. The molecule has 0 aromatic heterocycles. The first-order chi connectivity index (χ1) is 10.1. The summed E-state index contributed by atoms with van der Waals surface area (Å²) in [7, 11) is 1.58. The zero-order chi connectivity index (χ0) is 15.7. The van der Waals surface area contributed by atoms with Gasteiger partial charge in [0.15, 0.2) is 0 Å². The van der Waals surface area contributed by atoms with Crippen LogP contribution in [0.5, 0.6) is 5.75 Å². The fourth-order valence-corrected chi connectivity index (χ4v) is 2.02. The van der Waals surface area contributed by atoms with Crippen LogP contribution >= 0.6 is 0 Å². The van der Waals surface area contributed by atoms with Gasteiger partial charge in [0.1, 0.15) is 5.75 Å². The number of aliphatic hydroxyl groups excluding tert-OH is 1. The molecule has 0 aliphatic rings. The first-order valence-corrected chi connectivity index (χ1v) is 7.34. The van der Waals surface area contributed by atoms with Gasteiger partial charge in [-0.3, -0.25) is 4.79 Å². The number of rotatable bonds is 9. The average molecular weight is 294 g/mol. The number of ether oxygens (including phenoxy) is 1. The van der Waals surface area contributed by atoms with Crippen LogP contribution in [0.25, 0.3) is 0 Å². The fourth-order valence-electron chi connectivity index (χ4n) is 2.02. The molecule has 0 fully saturated rings. The third-order valence-electron chi connectivity index (χ3n) is 3.31. The summed E-state index contributed by atoms with van der Waals surface area (Å²) in [4.78, 5) is 12.0. The second kappa shape index (κ2) is 9.37. The summed E-state index contributed by atoms with van der Waals surface area (Å²) in [6, 6.07) is 7.43. The number of anilines is 1. The predicted octanol–water partition coefficient (Wildman–Crippen LogP) is 2.02. The largest absolute Gasteiger partial charge is 0.495 e. The molecule has 2 unspecified atom stereocenters. The number of benzene rings is 1. The molecule has 0 bridgehead atoms. The van der Waals surface area contributed by atoms with E-state index in [1.807, 2.05) is 31.2 Å². The highest BCUT2D eigenvalue weighted by Crippen LogP contribution is 2.23. The smallest absolute Gasteiger partial charge is 0.226 e. The molecule has 1 aromatic rings. The van der Waals surface area contributed by atoms with E-state index in [-0.39, 0.29) is 18.6 Å². The molecule has 1 amide bonds. The Morgan fingerprint density at radius 3 is 2.71 bits per heavy atom. The van der Waals surface area contributed by atoms with Gasteiger partial charge >= 0.3 is 0 Å². The second-order valence-electron chi connectivity index (χ2n) is 5.38. The lowest BCUT2D eigenvalue weighted by Crippen LogP contribution is -2.33. The van der Waals surface area contributed by atoms with Crippen molar-refractivity contribution in [2.24, 2.45) is 5.92 Å². The Kier molecular flexibility index (Phi) is 7.79. The zero-order valence-corrected chi connectivity index (χ0v) is 13.1. The van der Waals surface area contributed by atoms with Gasteiger partial charge in [0, 0.05) is 19.1 Å². The number of para-hydroxylation sites is 2. The molecule has 21 heavy (non-hydrogen) atoms. The molecule has 0 heterocycles. The summed E-state index contributed by atoms with van der Waals surface area (Å²) < 4.78 is 5.20. The standard InChI is InChI=1S/C16H26N2O3/c1-12(8-9-19)11-17-13(2)10-16(20)18-14-6-4-5-7-15(14)21-3/h4-7,12-13,17,19H,8-11H2,1-3H3,(H,18,20). The van der Waals surface area contributed by atoms with Crippen molar-refractivity contribution in [2.75, 3.05) is 25.6 Å². The van der Waals surface area contributed by atoms with E-state index in [0.29, 0.717) is 23.8 Å². The molecule has 118 valence electrons. The van der Waals surface area contributed by atoms with Gasteiger partial charge in [0.2, 0.25) is 5.91 Å². The Bertz CT molecular complexity index is 437. The fraction of sp³-hybridized carbons (Fsp3) is 0.562. The first kappa shape index (κ1) is 17.5. The normalized spacial score (nSPS) is 13.5. The Morgan fingerprint density at radius 2 is 2.05 bits per heavy atom. The van der Waals surface area contributed by atoms with Gasteiger partial charge in [0.25, 0.3) is 0 Å².